The van der Waals surface area contributed by atoms with Gasteiger partial charge >= 0.3 is 0 Å². The molecule has 178 valence electrons. The van der Waals surface area contributed by atoms with E-state index in [1.165, 1.54) is 0 Å². The molecule has 3 N–H and O–H groups in total. The molecule has 2 aromatic rings. The summed E-state index contributed by atoms with van der Waals surface area (Å²) in [6, 6.07) is 7.69. The Morgan fingerprint density at radius 2 is 2.24 bits per heavy atom. The molecule has 1 amide bonds. The standard InChI is InChI=1S/C24H32BrN5O3/c1-30(2)9-11-32-18-6-7-21(26-14-18)29-24(31)17-5-3-4-16(12-17)13-27-23-19-8-10-33-22(19)20(25)15-28-23/h3-5,12,15,18,21,26H,6-11,13-14H2,1-2H3,(H,27,28)(H,29,31). The van der Waals surface area contributed by atoms with Gasteiger partial charge in [0.25, 0.3) is 5.91 Å². The Labute approximate surface area is 203 Å². The van der Waals surface area contributed by atoms with Crippen LogP contribution in [0.4, 0.5) is 5.82 Å². The van der Waals surface area contributed by atoms with Crippen LogP contribution >= 0.6 is 15.9 Å². The molecule has 1 saturated heterocycles. The Bertz CT molecular complexity index is 963. The van der Waals surface area contributed by atoms with Crippen molar-refractivity contribution in [1.82, 2.24) is 20.5 Å². The molecule has 0 bridgehead atoms. The average Bonchev–Trinajstić information content (AvgIpc) is 3.31. The van der Waals surface area contributed by atoms with Crippen LogP contribution in [0.15, 0.2) is 34.9 Å². The second-order valence-corrected chi connectivity index (χ2v) is 9.58. The molecule has 1 aromatic heterocycles. The van der Waals surface area contributed by atoms with Crippen molar-refractivity contribution >= 4 is 27.7 Å². The van der Waals surface area contributed by atoms with Crippen LogP contribution in [0.3, 0.4) is 0 Å². The zero-order valence-corrected chi connectivity index (χ0v) is 20.8. The van der Waals surface area contributed by atoms with Crippen LogP contribution < -0.4 is 20.7 Å². The van der Waals surface area contributed by atoms with E-state index in [4.69, 9.17) is 9.47 Å². The number of hydrogen-bond acceptors (Lipinski definition) is 7. The predicted molar refractivity (Wildman–Crippen MR) is 132 cm³/mol. The number of piperidine rings is 1. The number of nitrogens with zero attached hydrogens (tertiary/aromatic N) is 2. The van der Waals surface area contributed by atoms with Gasteiger partial charge in [0.15, 0.2) is 0 Å². The number of halogens is 1. The van der Waals surface area contributed by atoms with Crippen molar-refractivity contribution < 1.29 is 14.3 Å². The lowest BCUT2D eigenvalue weighted by molar-refractivity contribution is 0.0199. The Kier molecular flexibility index (Phi) is 8.19. The molecule has 0 radical (unpaired) electrons. The molecule has 2 aliphatic rings. The van der Waals surface area contributed by atoms with Gasteiger partial charge in [0, 0.05) is 43.4 Å². The van der Waals surface area contributed by atoms with Gasteiger partial charge in [-0.3, -0.25) is 10.1 Å². The maximum atomic E-state index is 12.8. The molecule has 0 aliphatic carbocycles. The van der Waals surface area contributed by atoms with E-state index in [9.17, 15) is 4.79 Å². The zero-order valence-electron chi connectivity index (χ0n) is 19.2. The minimum absolute atomic E-state index is 0.0393. The largest absolute Gasteiger partial charge is 0.492 e. The number of nitrogens with one attached hydrogen (secondary N) is 3. The van der Waals surface area contributed by atoms with Gasteiger partial charge in [-0.15, -0.1) is 0 Å². The lowest BCUT2D eigenvalue weighted by Gasteiger charge is -2.30. The van der Waals surface area contributed by atoms with Gasteiger partial charge in [0.05, 0.1) is 30.0 Å². The summed E-state index contributed by atoms with van der Waals surface area (Å²) in [5, 5.41) is 9.89. The number of anilines is 1. The van der Waals surface area contributed by atoms with Crippen molar-refractivity contribution in [3.05, 3.63) is 51.6 Å². The van der Waals surface area contributed by atoms with E-state index in [0.717, 1.165) is 66.1 Å². The van der Waals surface area contributed by atoms with E-state index in [-0.39, 0.29) is 18.2 Å². The summed E-state index contributed by atoms with van der Waals surface area (Å²) >= 11 is 3.49. The van der Waals surface area contributed by atoms with Crippen LogP contribution in [0.5, 0.6) is 5.75 Å². The van der Waals surface area contributed by atoms with E-state index < -0.39 is 0 Å². The first-order chi connectivity index (χ1) is 16.0. The van der Waals surface area contributed by atoms with Crippen molar-refractivity contribution in [2.75, 3.05) is 45.7 Å². The number of benzene rings is 1. The average molecular weight is 518 g/mol. The predicted octanol–water partition coefficient (Wildman–Crippen LogP) is 2.78. The summed E-state index contributed by atoms with van der Waals surface area (Å²) in [6.45, 7) is 3.63. The number of likely N-dealkylation sites (N-methyl/N-ethyl adjacent to an activating group) is 1. The van der Waals surface area contributed by atoms with E-state index in [1.807, 2.05) is 38.4 Å². The Morgan fingerprint density at radius 3 is 3.03 bits per heavy atom. The number of amides is 1. The van der Waals surface area contributed by atoms with Crippen molar-refractivity contribution in [1.29, 1.82) is 0 Å². The van der Waals surface area contributed by atoms with Crippen LogP contribution in [0, 0.1) is 0 Å². The van der Waals surface area contributed by atoms with Crippen LogP contribution in [0.1, 0.15) is 34.3 Å². The normalized spacial score (nSPS) is 19.8. The summed E-state index contributed by atoms with van der Waals surface area (Å²) in [6.07, 6.45) is 4.54. The first-order valence-electron chi connectivity index (χ1n) is 11.4. The molecule has 4 rings (SSSR count). The maximum Gasteiger partial charge on any atom is 0.252 e. The van der Waals surface area contributed by atoms with Gasteiger partial charge in [0.2, 0.25) is 0 Å². The monoisotopic (exact) mass is 517 g/mol. The van der Waals surface area contributed by atoms with Crippen LogP contribution in [0.25, 0.3) is 0 Å². The smallest absolute Gasteiger partial charge is 0.252 e. The van der Waals surface area contributed by atoms with Gasteiger partial charge in [-0.2, -0.15) is 0 Å². The number of pyridine rings is 1. The molecule has 9 heteroatoms. The Morgan fingerprint density at radius 1 is 1.36 bits per heavy atom. The lowest BCUT2D eigenvalue weighted by Crippen LogP contribution is -2.52. The highest BCUT2D eigenvalue weighted by atomic mass is 79.9. The van der Waals surface area contributed by atoms with Gasteiger partial charge < -0.3 is 25.0 Å². The highest BCUT2D eigenvalue weighted by Gasteiger charge is 2.23. The second-order valence-electron chi connectivity index (χ2n) is 8.72. The molecule has 8 nitrogen and oxygen atoms in total. The molecule has 0 spiro atoms. The fraction of sp³-hybridized carbons (Fsp3) is 0.500. The molecular formula is C24H32BrN5O3. The third kappa shape index (κ3) is 6.44. The van der Waals surface area contributed by atoms with Gasteiger partial charge in [-0.1, -0.05) is 12.1 Å². The van der Waals surface area contributed by atoms with E-state index in [1.54, 1.807) is 6.20 Å². The first kappa shape index (κ1) is 23.9. The third-order valence-electron chi connectivity index (χ3n) is 5.90. The number of carbonyl (C=O) groups excluding carboxylic acids is 1. The molecule has 2 atom stereocenters. The van der Waals surface area contributed by atoms with Crippen LogP contribution in [-0.2, 0) is 17.7 Å². The SMILES string of the molecule is CN(C)CCOC1CCC(NC(=O)c2cccc(CNc3ncc(Br)c4c3CCO4)c2)NC1. The number of ether oxygens (including phenoxy) is 2. The molecule has 1 fully saturated rings. The number of hydrogen-bond donors (Lipinski definition) is 3. The molecule has 2 aliphatic heterocycles. The molecule has 3 heterocycles. The maximum absolute atomic E-state index is 12.8. The first-order valence-corrected chi connectivity index (χ1v) is 12.2. The summed E-state index contributed by atoms with van der Waals surface area (Å²) in [7, 11) is 4.08. The van der Waals surface area contributed by atoms with Gasteiger partial charge in [0.1, 0.15) is 11.6 Å². The second kappa shape index (κ2) is 11.3. The summed E-state index contributed by atoms with van der Waals surface area (Å²) < 4.78 is 12.5. The lowest BCUT2D eigenvalue weighted by atomic mass is 10.1. The minimum Gasteiger partial charge on any atom is -0.492 e. The molecule has 33 heavy (non-hydrogen) atoms. The minimum atomic E-state index is -0.0719. The Balaban J connectivity index is 1.27. The quantitative estimate of drug-likeness (QED) is 0.471. The third-order valence-corrected chi connectivity index (χ3v) is 6.46. The van der Waals surface area contributed by atoms with Crippen LogP contribution in [0.2, 0.25) is 0 Å². The van der Waals surface area contributed by atoms with Crippen molar-refractivity contribution in [3.63, 3.8) is 0 Å². The van der Waals surface area contributed by atoms with E-state index in [0.29, 0.717) is 18.7 Å². The summed E-state index contributed by atoms with van der Waals surface area (Å²) in [5.74, 6) is 1.62. The number of carbonyl (C=O) groups is 1. The van der Waals surface area contributed by atoms with E-state index >= 15 is 0 Å². The topological polar surface area (TPSA) is 87.8 Å². The fourth-order valence-corrected chi connectivity index (χ4v) is 4.51. The highest BCUT2D eigenvalue weighted by molar-refractivity contribution is 9.10. The van der Waals surface area contributed by atoms with Crippen molar-refractivity contribution in [2.24, 2.45) is 0 Å². The molecular weight excluding hydrogens is 486 g/mol. The zero-order chi connectivity index (χ0) is 23.2. The van der Waals surface area contributed by atoms with Gasteiger partial charge in [-0.25, -0.2) is 4.98 Å². The molecule has 0 saturated carbocycles. The summed E-state index contributed by atoms with van der Waals surface area (Å²) in [4.78, 5) is 19.4. The van der Waals surface area contributed by atoms with Crippen LogP contribution in [-0.4, -0.2) is 68.5 Å². The van der Waals surface area contributed by atoms with Crippen molar-refractivity contribution in [3.8, 4) is 5.75 Å². The number of fused-ring (bicyclic) bond motifs is 1. The van der Waals surface area contributed by atoms with Gasteiger partial charge in [-0.05, 0) is 60.6 Å². The summed E-state index contributed by atoms with van der Waals surface area (Å²) in [5.41, 5.74) is 2.76. The van der Waals surface area contributed by atoms with Crippen molar-refractivity contribution in [2.45, 2.75) is 38.1 Å². The molecule has 2 unspecified atom stereocenters. The Hall–Kier alpha value is -2.20. The number of rotatable bonds is 9. The highest BCUT2D eigenvalue weighted by Crippen LogP contribution is 2.36. The molecule has 1 aromatic carbocycles. The number of aromatic nitrogens is 1. The van der Waals surface area contributed by atoms with E-state index in [2.05, 4.69) is 41.8 Å². The fourth-order valence-electron chi connectivity index (χ4n) is 4.05.